The molecule has 0 atom stereocenters. The molecule has 186 valence electrons. The number of hydrogen-bond donors (Lipinski definition) is 2. The van der Waals surface area contributed by atoms with E-state index >= 15 is 0 Å². The number of ether oxygens (including phenoxy) is 3. The number of carbonyl (C=O) groups is 1. The van der Waals surface area contributed by atoms with Crippen LogP contribution in [-0.2, 0) is 21.2 Å². The Kier molecular flexibility index (Phi) is 8.97. The first-order valence-electron chi connectivity index (χ1n) is 10.7. The van der Waals surface area contributed by atoms with Crippen molar-refractivity contribution < 1.29 is 27.4 Å². The molecule has 0 aliphatic rings. The van der Waals surface area contributed by atoms with Crippen molar-refractivity contribution in [3.8, 4) is 17.2 Å². The molecule has 3 aromatic rings. The van der Waals surface area contributed by atoms with Gasteiger partial charge in [-0.1, -0.05) is 23.7 Å². The molecule has 0 spiro atoms. The number of anilines is 1. The molecular weight excluding hydrogens is 492 g/mol. The Balaban J connectivity index is 1.50. The van der Waals surface area contributed by atoms with Crippen molar-refractivity contribution in [3.05, 3.63) is 76.8 Å². The average molecular weight is 519 g/mol. The van der Waals surface area contributed by atoms with Crippen LogP contribution in [0.3, 0.4) is 0 Å². The molecule has 3 rings (SSSR count). The Bertz CT molecular complexity index is 1280. The summed E-state index contributed by atoms with van der Waals surface area (Å²) in [6.07, 6.45) is 0.474. The van der Waals surface area contributed by atoms with Crippen molar-refractivity contribution in [1.82, 2.24) is 4.72 Å². The zero-order valence-electron chi connectivity index (χ0n) is 19.6. The van der Waals surface area contributed by atoms with Crippen LogP contribution in [-0.4, -0.2) is 41.7 Å². The highest BCUT2D eigenvalue weighted by atomic mass is 35.5. The van der Waals surface area contributed by atoms with Crippen molar-refractivity contribution in [2.75, 3.05) is 32.7 Å². The molecule has 3 aromatic carbocycles. The van der Waals surface area contributed by atoms with Gasteiger partial charge >= 0.3 is 0 Å². The minimum absolute atomic E-state index is 0.0934. The second-order valence-electron chi connectivity index (χ2n) is 7.61. The molecule has 0 radical (unpaired) electrons. The standard InChI is InChI=1S/C25H27ClN2O6S/c1-17-4-6-19(15-22(17)26)28-25(29)16-34-20-7-9-21(10-8-20)35(30,31)27-13-12-18-5-11-23(32-2)24(14-18)33-3/h4-11,14-15,27H,12-13,16H2,1-3H3,(H,28,29). The molecule has 0 heterocycles. The van der Waals surface area contributed by atoms with Crippen LogP contribution in [0.1, 0.15) is 11.1 Å². The predicted octanol–water partition coefficient (Wildman–Crippen LogP) is 4.20. The second kappa shape index (κ2) is 11.9. The van der Waals surface area contributed by atoms with Crippen LogP contribution >= 0.6 is 11.6 Å². The highest BCUT2D eigenvalue weighted by molar-refractivity contribution is 7.89. The van der Waals surface area contributed by atoms with Gasteiger partial charge in [-0.2, -0.15) is 0 Å². The fourth-order valence-corrected chi connectivity index (χ4v) is 4.39. The number of rotatable bonds is 11. The van der Waals surface area contributed by atoms with Gasteiger partial charge in [0.15, 0.2) is 18.1 Å². The van der Waals surface area contributed by atoms with Gasteiger partial charge in [-0.25, -0.2) is 13.1 Å². The summed E-state index contributed by atoms with van der Waals surface area (Å²) in [5, 5.41) is 3.25. The van der Waals surface area contributed by atoms with Gasteiger partial charge < -0.3 is 19.5 Å². The molecular formula is C25H27ClN2O6S. The van der Waals surface area contributed by atoms with E-state index in [1.807, 2.05) is 19.1 Å². The maximum absolute atomic E-state index is 12.6. The second-order valence-corrected chi connectivity index (χ2v) is 9.78. The van der Waals surface area contributed by atoms with Crippen molar-refractivity contribution >= 4 is 33.2 Å². The van der Waals surface area contributed by atoms with Gasteiger partial charge in [0.1, 0.15) is 5.75 Å². The van der Waals surface area contributed by atoms with Crippen LogP contribution in [0.15, 0.2) is 65.6 Å². The van der Waals surface area contributed by atoms with Crippen LogP contribution in [0.5, 0.6) is 17.2 Å². The lowest BCUT2D eigenvalue weighted by atomic mass is 10.1. The van der Waals surface area contributed by atoms with E-state index < -0.39 is 10.0 Å². The summed E-state index contributed by atoms with van der Waals surface area (Å²) >= 11 is 6.06. The number of benzene rings is 3. The number of nitrogens with one attached hydrogen (secondary N) is 2. The summed E-state index contributed by atoms with van der Waals surface area (Å²) in [6, 6.07) is 16.5. The van der Waals surface area contributed by atoms with Gasteiger partial charge in [0, 0.05) is 17.3 Å². The number of hydrogen-bond acceptors (Lipinski definition) is 6. The zero-order valence-corrected chi connectivity index (χ0v) is 21.2. The number of sulfonamides is 1. The largest absolute Gasteiger partial charge is 0.493 e. The van der Waals surface area contributed by atoms with Crippen molar-refractivity contribution in [2.24, 2.45) is 0 Å². The first kappa shape index (κ1) is 26.3. The summed E-state index contributed by atoms with van der Waals surface area (Å²) in [5.41, 5.74) is 2.38. The van der Waals surface area contributed by atoms with Crippen LogP contribution in [0.4, 0.5) is 5.69 Å². The van der Waals surface area contributed by atoms with Gasteiger partial charge in [-0.3, -0.25) is 4.79 Å². The summed E-state index contributed by atoms with van der Waals surface area (Å²) in [5.74, 6) is 1.20. The van der Waals surface area contributed by atoms with Crippen LogP contribution in [0.2, 0.25) is 5.02 Å². The highest BCUT2D eigenvalue weighted by Crippen LogP contribution is 2.27. The third-order valence-electron chi connectivity index (χ3n) is 5.11. The fourth-order valence-electron chi connectivity index (χ4n) is 3.18. The SMILES string of the molecule is COc1ccc(CCNS(=O)(=O)c2ccc(OCC(=O)Nc3ccc(C)c(Cl)c3)cc2)cc1OC. The van der Waals surface area contributed by atoms with Crippen molar-refractivity contribution in [3.63, 3.8) is 0 Å². The Morgan fingerprint density at radius 1 is 0.943 bits per heavy atom. The number of aryl methyl sites for hydroxylation is 1. The summed E-state index contributed by atoms with van der Waals surface area (Å²) < 4.78 is 43.7. The van der Waals surface area contributed by atoms with Gasteiger partial charge in [0.25, 0.3) is 5.91 Å². The number of carbonyl (C=O) groups excluding carboxylic acids is 1. The third-order valence-corrected chi connectivity index (χ3v) is 7.00. The van der Waals surface area contributed by atoms with E-state index in [4.69, 9.17) is 25.8 Å². The molecule has 35 heavy (non-hydrogen) atoms. The molecule has 0 bridgehead atoms. The van der Waals surface area contributed by atoms with E-state index in [1.54, 1.807) is 38.5 Å². The molecule has 0 saturated carbocycles. The average Bonchev–Trinajstić information content (AvgIpc) is 2.85. The molecule has 0 aromatic heterocycles. The Morgan fingerprint density at radius 2 is 1.66 bits per heavy atom. The normalized spacial score (nSPS) is 11.1. The van der Waals surface area contributed by atoms with E-state index in [0.717, 1.165) is 11.1 Å². The summed E-state index contributed by atoms with van der Waals surface area (Å²) in [4.78, 5) is 12.2. The Labute approximate surface area is 210 Å². The lowest BCUT2D eigenvalue weighted by Gasteiger charge is -2.11. The van der Waals surface area contributed by atoms with Crippen LogP contribution < -0.4 is 24.2 Å². The molecule has 1 amide bonds. The molecule has 0 unspecified atom stereocenters. The minimum atomic E-state index is -3.71. The summed E-state index contributed by atoms with van der Waals surface area (Å²) in [7, 11) is -0.609. The van der Waals surface area contributed by atoms with Crippen LogP contribution in [0.25, 0.3) is 0 Å². The quantitative estimate of drug-likeness (QED) is 0.394. The van der Waals surface area contributed by atoms with E-state index in [2.05, 4.69) is 10.0 Å². The number of amides is 1. The van der Waals surface area contributed by atoms with Crippen LogP contribution in [0, 0.1) is 6.92 Å². The van der Waals surface area contributed by atoms with Gasteiger partial charge in [0.2, 0.25) is 10.0 Å². The van der Waals surface area contributed by atoms with Gasteiger partial charge in [0.05, 0.1) is 19.1 Å². The molecule has 0 saturated heterocycles. The third kappa shape index (κ3) is 7.35. The summed E-state index contributed by atoms with van der Waals surface area (Å²) in [6.45, 7) is 1.84. The van der Waals surface area contributed by atoms with Crippen molar-refractivity contribution in [1.29, 1.82) is 0 Å². The lowest BCUT2D eigenvalue weighted by molar-refractivity contribution is -0.118. The van der Waals surface area contributed by atoms with Gasteiger partial charge in [-0.15, -0.1) is 0 Å². The number of halogens is 1. The first-order chi connectivity index (χ1) is 16.7. The molecule has 0 aliphatic heterocycles. The molecule has 0 fully saturated rings. The van der Waals surface area contributed by atoms with E-state index in [1.165, 1.54) is 24.3 Å². The Hall–Kier alpha value is -3.27. The van der Waals surface area contributed by atoms with Crippen molar-refractivity contribution in [2.45, 2.75) is 18.2 Å². The fraction of sp³-hybridized carbons (Fsp3) is 0.240. The lowest BCUT2D eigenvalue weighted by Crippen LogP contribution is -2.26. The number of methoxy groups -OCH3 is 2. The Morgan fingerprint density at radius 3 is 2.31 bits per heavy atom. The first-order valence-corrected chi connectivity index (χ1v) is 12.6. The minimum Gasteiger partial charge on any atom is -0.493 e. The molecule has 8 nitrogen and oxygen atoms in total. The molecule has 2 N–H and O–H groups in total. The van der Waals surface area contributed by atoms with E-state index in [9.17, 15) is 13.2 Å². The topological polar surface area (TPSA) is 103 Å². The predicted molar refractivity (Wildman–Crippen MR) is 135 cm³/mol. The van der Waals surface area contributed by atoms with Gasteiger partial charge in [-0.05, 0) is 73.0 Å². The maximum Gasteiger partial charge on any atom is 0.262 e. The smallest absolute Gasteiger partial charge is 0.262 e. The monoisotopic (exact) mass is 518 g/mol. The molecule has 10 heteroatoms. The van der Waals surface area contributed by atoms with E-state index in [0.29, 0.717) is 34.4 Å². The molecule has 0 aliphatic carbocycles. The zero-order chi connectivity index (χ0) is 25.4. The highest BCUT2D eigenvalue weighted by Gasteiger charge is 2.14. The maximum atomic E-state index is 12.6. The van der Waals surface area contributed by atoms with E-state index in [-0.39, 0.29) is 24.0 Å².